The van der Waals surface area contributed by atoms with Gasteiger partial charge in [0.05, 0.1) is 6.07 Å². The van der Waals surface area contributed by atoms with E-state index in [1.807, 2.05) is 13.0 Å². The van der Waals surface area contributed by atoms with Crippen LogP contribution in [0.3, 0.4) is 0 Å². The second-order valence-corrected chi connectivity index (χ2v) is 3.81. The summed E-state index contributed by atoms with van der Waals surface area (Å²) in [4.78, 5) is 0. The van der Waals surface area contributed by atoms with Crippen LogP contribution in [-0.4, -0.2) is 0 Å². The predicted molar refractivity (Wildman–Crippen MR) is 55.1 cm³/mol. The van der Waals surface area contributed by atoms with E-state index in [4.69, 9.17) is 5.26 Å². The molecule has 0 bridgehead atoms. The van der Waals surface area contributed by atoms with Gasteiger partial charge < -0.3 is 0 Å². The van der Waals surface area contributed by atoms with Crippen molar-refractivity contribution in [1.29, 1.82) is 5.26 Å². The minimum Gasteiger partial charge on any atom is -0.193 e. The Morgan fingerprint density at radius 3 is 2.46 bits per heavy atom. The summed E-state index contributed by atoms with van der Waals surface area (Å²) in [7, 11) is 0. The van der Waals surface area contributed by atoms with Crippen molar-refractivity contribution >= 4 is 0 Å². The van der Waals surface area contributed by atoms with Crippen molar-refractivity contribution in [3.05, 3.63) is 24.3 Å². The number of nitriles is 1. The molecule has 1 heteroatoms. The molecule has 0 N–H and O–H groups in total. The first kappa shape index (κ1) is 10.1. The van der Waals surface area contributed by atoms with Gasteiger partial charge in [-0.25, -0.2) is 0 Å². The molecule has 0 saturated heterocycles. The largest absolute Gasteiger partial charge is 0.193 e. The average molecular weight is 175 g/mol. The maximum atomic E-state index is 8.90. The number of allylic oxidation sites excluding steroid dienone is 3. The van der Waals surface area contributed by atoms with Crippen LogP contribution in [0.25, 0.3) is 0 Å². The van der Waals surface area contributed by atoms with Gasteiger partial charge >= 0.3 is 0 Å². The van der Waals surface area contributed by atoms with E-state index in [2.05, 4.69) is 18.7 Å². The molecule has 0 radical (unpaired) electrons. The van der Waals surface area contributed by atoms with Gasteiger partial charge in [-0.15, -0.1) is 0 Å². The molecule has 0 spiro atoms. The van der Waals surface area contributed by atoms with E-state index in [1.54, 1.807) is 0 Å². The van der Waals surface area contributed by atoms with Gasteiger partial charge in [-0.3, -0.25) is 0 Å². The van der Waals surface area contributed by atoms with Crippen molar-refractivity contribution in [2.75, 3.05) is 0 Å². The highest BCUT2D eigenvalue weighted by atomic mass is 14.4. The van der Waals surface area contributed by atoms with E-state index in [-0.39, 0.29) is 5.41 Å². The van der Waals surface area contributed by atoms with E-state index in [1.165, 1.54) is 19.3 Å². The Labute approximate surface area is 80.8 Å². The highest BCUT2D eigenvalue weighted by Gasteiger charge is 2.31. The minimum atomic E-state index is 0.00174. The lowest BCUT2D eigenvalue weighted by atomic mass is 9.69. The highest BCUT2D eigenvalue weighted by Crippen LogP contribution is 2.42. The van der Waals surface area contributed by atoms with Gasteiger partial charge in [-0.1, -0.05) is 38.0 Å². The standard InChI is InChI=1S/C12H17N/c1-3-7-12(11(2)10-13)8-5-4-6-9-12/h3,7H,2,4-6,8-9H2,1H3/b7-3+. The van der Waals surface area contributed by atoms with Crippen molar-refractivity contribution in [3.63, 3.8) is 0 Å². The van der Waals surface area contributed by atoms with Crippen molar-refractivity contribution in [2.24, 2.45) is 5.41 Å². The summed E-state index contributed by atoms with van der Waals surface area (Å²) in [5.74, 6) is 0. The van der Waals surface area contributed by atoms with Crippen LogP contribution in [0.4, 0.5) is 0 Å². The van der Waals surface area contributed by atoms with Crippen LogP contribution in [0.15, 0.2) is 24.3 Å². The van der Waals surface area contributed by atoms with Crippen LogP contribution in [0.2, 0.25) is 0 Å². The van der Waals surface area contributed by atoms with Crippen LogP contribution in [0, 0.1) is 16.7 Å². The van der Waals surface area contributed by atoms with Crippen molar-refractivity contribution < 1.29 is 0 Å². The summed E-state index contributed by atoms with van der Waals surface area (Å²) in [6, 6.07) is 2.21. The molecule has 1 saturated carbocycles. The van der Waals surface area contributed by atoms with Gasteiger partial charge in [0.15, 0.2) is 0 Å². The first-order valence-electron chi connectivity index (χ1n) is 4.98. The molecule has 0 aromatic carbocycles. The predicted octanol–water partition coefficient (Wildman–Crippen LogP) is 3.59. The average Bonchev–Trinajstić information content (AvgIpc) is 2.18. The molecular weight excluding hydrogens is 158 g/mol. The zero-order chi connectivity index (χ0) is 9.73. The van der Waals surface area contributed by atoms with Gasteiger partial charge in [0, 0.05) is 11.0 Å². The molecule has 0 atom stereocenters. The molecule has 0 aliphatic heterocycles. The Balaban J connectivity index is 2.86. The molecule has 0 heterocycles. The fourth-order valence-corrected chi connectivity index (χ4v) is 2.18. The van der Waals surface area contributed by atoms with Gasteiger partial charge in [0.1, 0.15) is 0 Å². The van der Waals surface area contributed by atoms with Crippen molar-refractivity contribution in [2.45, 2.75) is 39.0 Å². The molecule has 1 aliphatic carbocycles. The maximum Gasteiger partial charge on any atom is 0.0950 e. The molecule has 0 aromatic heterocycles. The summed E-state index contributed by atoms with van der Waals surface area (Å²) in [5, 5.41) is 8.90. The van der Waals surface area contributed by atoms with E-state index in [9.17, 15) is 0 Å². The quantitative estimate of drug-likeness (QED) is 0.464. The third-order valence-corrected chi connectivity index (χ3v) is 2.97. The lowest BCUT2D eigenvalue weighted by molar-refractivity contribution is 0.315. The minimum absolute atomic E-state index is 0.00174. The third-order valence-electron chi connectivity index (χ3n) is 2.97. The number of hydrogen-bond donors (Lipinski definition) is 0. The smallest absolute Gasteiger partial charge is 0.0950 e. The van der Waals surface area contributed by atoms with Gasteiger partial charge in [-0.05, 0) is 19.8 Å². The summed E-state index contributed by atoms with van der Waals surface area (Å²) in [5.41, 5.74) is 0.743. The van der Waals surface area contributed by atoms with Gasteiger partial charge in [0.2, 0.25) is 0 Å². The second-order valence-electron chi connectivity index (χ2n) is 3.81. The normalized spacial score (nSPS) is 21.2. The van der Waals surface area contributed by atoms with E-state index >= 15 is 0 Å². The first-order valence-corrected chi connectivity index (χ1v) is 4.98. The molecule has 0 unspecified atom stereocenters. The second kappa shape index (κ2) is 4.28. The Morgan fingerprint density at radius 2 is 2.00 bits per heavy atom. The zero-order valence-electron chi connectivity index (χ0n) is 8.34. The van der Waals surface area contributed by atoms with Gasteiger partial charge in [0.25, 0.3) is 0 Å². The number of nitrogens with zero attached hydrogens (tertiary/aromatic N) is 1. The van der Waals surface area contributed by atoms with Crippen LogP contribution in [0.1, 0.15) is 39.0 Å². The molecule has 0 aromatic rings. The number of rotatable bonds is 2. The van der Waals surface area contributed by atoms with Crippen LogP contribution in [0.5, 0.6) is 0 Å². The van der Waals surface area contributed by atoms with E-state index in [0.29, 0.717) is 0 Å². The van der Waals surface area contributed by atoms with Crippen molar-refractivity contribution in [1.82, 2.24) is 0 Å². The Bertz CT molecular complexity index is 249. The maximum absolute atomic E-state index is 8.90. The molecule has 1 rings (SSSR count). The Morgan fingerprint density at radius 1 is 1.38 bits per heavy atom. The molecule has 1 aliphatic rings. The van der Waals surface area contributed by atoms with Crippen LogP contribution >= 0.6 is 0 Å². The molecule has 0 amide bonds. The van der Waals surface area contributed by atoms with Crippen molar-refractivity contribution in [3.8, 4) is 6.07 Å². The monoisotopic (exact) mass is 175 g/mol. The summed E-state index contributed by atoms with van der Waals surface area (Å²) >= 11 is 0. The van der Waals surface area contributed by atoms with Crippen LogP contribution in [-0.2, 0) is 0 Å². The lowest BCUT2D eigenvalue weighted by Crippen LogP contribution is -2.23. The fraction of sp³-hybridized carbons (Fsp3) is 0.583. The topological polar surface area (TPSA) is 23.8 Å². The third kappa shape index (κ3) is 2.01. The summed E-state index contributed by atoms with van der Waals surface area (Å²) in [6.45, 7) is 5.89. The van der Waals surface area contributed by atoms with E-state index in [0.717, 1.165) is 18.4 Å². The molecule has 1 nitrogen and oxygen atoms in total. The SMILES string of the molecule is C=C(C#N)C1(/C=C/C)CCCCC1. The molecule has 70 valence electrons. The Hall–Kier alpha value is -1.03. The lowest BCUT2D eigenvalue weighted by Gasteiger charge is -2.33. The fourth-order valence-electron chi connectivity index (χ4n) is 2.18. The summed E-state index contributed by atoms with van der Waals surface area (Å²) in [6.07, 6.45) is 10.2. The molecule has 13 heavy (non-hydrogen) atoms. The van der Waals surface area contributed by atoms with Gasteiger partial charge in [-0.2, -0.15) is 5.26 Å². The zero-order valence-corrected chi connectivity index (χ0v) is 8.34. The highest BCUT2D eigenvalue weighted by molar-refractivity contribution is 5.31. The number of hydrogen-bond acceptors (Lipinski definition) is 1. The van der Waals surface area contributed by atoms with Crippen LogP contribution < -0.4 is 0 Å². The Kier molecular flexibility index (Phi) is 3.31. The van der Waals surface area contributed by atoms with E-state index < -0.39 is 0 Å². The molecule has 1 fully saturated rings. The first-order chi connectivity index (χ1) is 6.25. The summed E-state index contributed by atoms with van der Waals surface area (Å²) < 4.78 is 0. The molecular formula is C12H17N.